The predicted octanol–water partition coefficient (Wildman–Crippen LogP) is 3.41. The molecule has 1 fully saturated rings. The number of rotatable bonds is 3. The minimum atomic E-state index is -2.57. The molecule has 1 heterocycles. The molecule has 3 nitrogen and oxygen atoms in total. The minimum absolute atomic E-state index is 0. The van der Waals surface area contributed by atoms with Crippen LogP contribution in [0.4, 0.5) is 8.78 Å². The Kier molecular flexibility index (Phi) is 8.81. The van der Waals surface area contributed by atoms with E-state index in [4.69, 9.17) is 11.6 Å². The number of alkyl halides is 2. The van der Waals surface area contributed by atoms with Crippen LogP contribution in [-0.4, -0.2) is 42.6 Å². The van der Waals surface area contributed by atoms with E-state index >= 15 is 0 Å². The highest BCUT2D eigenvalue weighted by Gasteiger charge is 2.32. The molecule has 0 unspecified atom stereocenters. The number of phenols is 1. The second kappa shape index (κ2) is 8.96. The van der Waals surface area contributed by atoms with E-state index in [9.17, 15) is 13.9 Å². The van der Waals surface area contributed by atoms with Crippen molar-refractivity contribution in [1.29, 1.82) is 0 Å². The van der Waals surface area contributed by atoms with E-state index in [1.807, 2.05) is 0 Å². The third kappa shape index (κ3) is 4.83. The van der Waals surface area contributed by atoms with Gasteiger partial charge in [-0.05, 0) is 24.6 Å². The molecule has 2 rings (SSSR count). The second-order valence-corrected chi connectivity index (χ2v) is 5.16. The lowest BCUT2D eigenvalue weighted by Gasteiger charge is -2.35. The lowest BCUT2D eigenvalue weighted by Crippen LogP contribution is -2.46. The zero-order valence-electron chi connectivity index (χ0n) is 11.5. The number of aromatic hydroxyl groups is 1. The second-order valence-electron chi connectivity index (χ2n) is 4.73. The monoisotopic (exact) mass is 362 g/mol. The molecule has 8 heteroatoms. The van der Waals surface area contributed by atoms with Crippen molar-refractivity contribution >= 4 is 36.4 Å². The van der Waals surface area contributed by atoms with Gasteiger partial charge in [0.15, 0.2) is 0 Å². The fraction of sp³-hybridized carbons (Fsp3) is 0.538. The van der Waals surface area contributed by atoms with Gasteiger partial charge in [-0.3, -0.25) is 4.90 Å². The molecule has 0 bridgehead atoms. The van der Waals surface area contributed by atoms with Crippen molar-refractivity contribution in [2.24, 2.45) is 0 Å². The Morgan fingerprint density at radius 1 is 1.24 bits per heavy atom. The average Bonchev–Trinajstić information content (AvgIpc) is 2.36. The van der Waals surface area contributed by atoms with Crippen LogP contribution in [0.1, 0.15) is 17.2 Å². The number of nitrogens with one attached hydrogen (secondary N) is 1. The summed E-state index contributed by atoms with van der Waals surface area (Å²) in [4.78, 5) is 1.69. The Bertz CT molecular complexity index is 457. The van der Waals surface area contributed by atoms with Gasteiger partial charge in [-0.25, -0.2) is 8.78 Å². The largest absolute Gasteiger partial charge is 0.507 e. The number of piperazine rings is 1. The van der Waals surface area contributed by atoms with Crippen LogP contribution in [0.3, 0.4) is 0 Å². The average molecular weight is 364 g/mol. The highest BCUT2D eigenvalue weighted by atomic mass is 35.5. The number of phenolic OH excluding ortho intramolecular Hbond substituents is 1. The van der Waals surface area contributed by atoms with Crippen LogP contribution >= 0.6 is 36.4 Å². The molecule has 1 saturated heterocycles. The number of nitrogens with zero attached hydrogens (tertiary/aromatic N) is 1. The fourth-order valence-corrected chi connectivity index (χ4v) is 2.72. The van der Waals surface area contributed by atoms with Crippen LogP contribution in [0, 0.1) is 6.92 Å². The predicted molar refractivity (Wildman–Crippen MR) is 85.5 cm³/mol. The summed E-state index contributed by atoms with van der Waals surface area (Å²) in [5.41, 5.74) is 0.727. The number of aryl methyl sites for hydroxylation is 1. The minimum Gasteiger partial charge on any atom is -0.507 e. The normalized spacial score (nSPS) is 17.0. The van der Waals surface area contributed by atoms with Crippen LogP contribution in [0.25, 0.3) is 0 Å². The van der Waals surface area contributed by atoms with Gasteiger partial charge in [0.2, 0.25) is 0 Å². The van der Waals surface area contributed by atoms with Crippen LogP contribution in [0.15, 0.2) is 12.1 Å². The van der Waals surface area contributed by atoms with Gasteiger partial charge in [0, 0.05) is 36.8 Å². The van der Waals surface area contributed by atoms with Crippen molar-refractivity contribution in [2.45, 2.75) is 19.4 Å². The first-order chi connectivity index (χ1) is 9.00. The fourth-order valence-electron chi connectivity index (χ4n) is 2.44. The van der Waals surface area contributed by atoms with Gasteiger partial charge in [-0.1, -0.05) is 11.6 Å². The number of hydrogen-bond acceptors (Lipinski definition) is 3. The van der Waals surface area contributed by atoms with Gasteiger partial charge in [0.05, 0.1) is 0 Å². The lowest BCUT2D eigenvalue weighted by molar-refractivity contribution is 0.0170. The highest BCUT2D eigenvalue weighted by Crippen LogP contribution is 2.37. The summed E-state index contributed by atoms with van der Waals surface area (Å²) in [5, 5.41) is 13.5. The molecular weight excluding hydrogens is 345 g/mol. The Morgan fingerprint density at radius 2 is 1.81 bits per heavy atom. The maximum atomic E-state index is 13.4. The van der Waals surface area contributed by atoms with Crippen LogP contribution in [0.5, 0.6) is 5.75 Å². The van der Waals surface area contributed by atoms with E-state index in [1.165, 1.54) is 6.07 Å². The van der Waals surface area contributed by atoms with E-state index in [0.717, 1.165) is 0 Å². The third-order valence-electron chi connectivity index (χ3n) is 3.40. The van der Waals surface area contributed by atoms with Crippen molar-refractivity contribution in [2.75, 3.05) is 26.2 Å². The van der Waals surface area contributed by atoms with Crippen LogP contribution in [-0.2, 0) is 0 Å². The molecule has 0 amide bonds. The molecule has 21 heavy (non-hydrogen) atoms. The van der Waals surface area contributed by atoms with Crippen molar-refractivity contribution in [3.05, 3.63) is 28.3 Å². The summed E-state index contributed by atoms with van der Waals surface area (Å²) in [7, 11) is 0. The summed E-state index contributed by atoms with van der Waals surface area (Å²) in [5.74, 6) is -0.0896. The summed E-state index contributed by atoms with van der Waals surface area (Å²) >= 11 is 5.92. The molecule has 0 spiro atoms. The number of halogens is 5. The molecule has 0 aliphatic carbocycles. The van der Waals surface area contributed by atoms with Gasteiger partial charge < -0.3 is 10.4 Å². The SMILES string of the molecule is Cc1cc(Cl)cc([C@@H](C(F)F)N2CCNCC2)c1O.Cl.Cl. The molecule has 1 aromatic rings. The summed E-state index contributed by atoms with van der Waals surface area (Å²) in [6.45, 7) is 4.05. The first-order valence-electron chi connectivity index (χ1n) is 6.22. The van der Waals surface area contributed by atoms with Gasteiger partial charge in [-0.15, -0.1) is 24.8 Å². The van der Waals surface area contributed by atoms with Crippen molar-refractivity contribution in [3.63, 3.8) is 0 Å². The van der Waals surface area contributed by atoms with Crippen molar-refractivity contribution < 1.29 is 13.9 Å². The zero-order chi connectivity index (χ0) is 14.0. The summed E-state index contributed by atoms with van der Waals surface area (Å²) in [6, 6.07) is 1.89. The van der Waals surface area contributed by atoms with E-state index in [1.54, 1.807) is 17.9 Å². The maximum Gasteiger partial charge on any atom is 0.258 e. The topological polar surface area (TPSA) is 35.5 Å². The zero-order valence-corrected chi connectivity index (χ0v) is 13.9. The van der Waals surface area contributed by atoms with Crippen molar-refractivity contribution in [1.82, 2.24) is 10.2 Å². The Labute approximate surface area is 140 Å². The summed E-state index contributed by atoms with van der Waals surface area (Å²) in [6.07, 6.45) is -2.57. The standard InChI is InChI=1S/C13H17ClF2N2O.2ClH/c1-8-6-9(14)7-10(12(8)19)11(13(15)16)18-4-2-17-3-5-18;;/h6-7,11,13,17,19H,2-5H2,1H3;2*1H/t11-;;/m0../s1. The van der Waals surface area contributed by atoms with E-state index in [2.05, 4.69) is 5.32 Å². The van der Waals surface area contributed by atoms with Crippen molar-refractivity contribution in [3.8, 4) is 5.75 Å². The van der Waals surface area contributed by atoms with Gasteiger partial charge in [-0.2, -0.15) is 0 Å². The molecule has 1 aliphatic rings. The molecule has 2 N–H and O–H groups in total. The third-order valence-corrected chi connectivity index (χ3v) is 3.62. The molecule has 0 aromatic heterocycles. The van der Waals surface area contributed by atoms with E-state index < -0.39 is 12.5 Å². The Morgan fingerprint density at radius 3 is 2.33 bits per heavy atom. The molecular formula is C13H19Cl3F2N2O. The Hall–Kier alpha value is -0.330. The van der Waals surface area contributed by atoms with Gasteiger partial charge in [0.1, 0.15) is 11.8 Å². The molecule has 0 saturated carbocycles. The summed E-state index contributed by atoms with van der Waals surface area (Å²) < 4.78 is 26.8. The van der Waals surface area contributed by atoms with Crippen LogP contribution in [0.2, 0.25) is 5.02 Å². The molecule has 1 aliphatic heterocycles. The first kappa shape index (κ1) is 20.7. The van der Waals surface area contributed by atoms with Gasteiger partial charge in [0.25, 0.3) is 6.43 Å². The Balaban J connectivity index is 0.00000200. The van der Waals surface area contributed by atoms with Gasteiger partial charge >= 0.3 is 0 Å². The molecule has 0 radical (unpaired) electrons. The molecule has 1 atom stereocenters. The number of benzene rings is 1. The lowest BCUT2D eigenvalue weighted by atomic mass is 10.0. The van der Waals surface area contributed by atoms with E-state index in [0.29, 0.717) is 36.8 Å². The smallest absolute Gasteiger partial charge is 0.258 e. The number of hydrogen-bond donors (Lipinski definition) is 2. The molecule has 122 valence electrons. The van der Waals surface area contributed by atoms with E-state index in [-0.39, 0.29) is 36.1 Å². The first-order valence-corrected chi connectivity index (χ1v) is 6.60. The maximum absolute atomic E-state index is 13.4. The highest BCUT2D eigenvalue weighted by molar-refractivity contribution is 6.30. The molecule has 1 aromatic carbocycles. The van der Waals surface area contributed by atoms with Crippen LogP contribution < -0.4 is 5.32 Å². The quantitative estimate of drug-likeness (QED) is 0.864.